The van der Waals surface area contributed by atoms with Gasteiger partial charge in [-0.15, -0.1) is 0 Å². The number of aryl methyl sites for hydroxylation is 2. The van der Waals surface area contributed by atoms with Gasteiger partial charge in [-0.05, 0) is 36.6 Å². The Kier molecular flexibility index (Phi) is 7.37. The van der Waals surface area contributed by atoms with Gasteiger partial charge in [0.25, 0.3) is 0 Å². The summed E-state index contributed by atoms with van der Waals surface area (Å²) in [4.78, 5) is 20.6. The number of pyridine rings is 1. The lowest BCUT2D eigenvalue weighted by Crippen LogP contribution is -2.29. The molecule has 30 heavy (non-hydrogen) atoms. The summed E-state index contributed by atoms with van der Waals surface area (Å²) in [6.45, 7) is 6.61. The van der Waals surface area contributed by atoms with Gasteiger partial charge in [0.15, 0.2) is 5.82 Å². The number of ether oxygens (including phenoxy) is 1. The second kappa shape index (κ2) is 10.4. The van der Waals surface area contributed by atoms with E-state index in [2.05, 4.69) is 38.7 Å². The van der Waals surface area contributed by atoms with Crippen molar-refractivity contribution < 1.29 is 14.1 Å². The number of carbonyl (C=O) groups is 1. The van der Waals surface area contributed by atoms with Crippen molar-refractivity contribution in [2.75, 3.05) is 11.9 Å². The lowest BCUT2D eigenvalue weighted by atomic mass is 10.2. The quantitative estimate of drug-likeness (QED) is 0.497. The van der Waals surface area contributed by atoms with Gasteiger partial charge in [-0.25, -0.2) is 9.78 Å². The first-order valence-electron chi connectivity index (χ1n) is 10.1. The van der Waals surface area contributed by atoms with Crippen LogP contribution in [0.15, 0.2) is 47.1 Å². The molecule has 2 N–H and O–H groups in total. The third kappa shape index (κ3) is 6.30. The molecule has 0 unspecified atom stereocenters. The van der Waals surface area contributed by atoms with E-state index in [1.54, 1.807) is 18.3 Å². The number of urea groups is 1. The Balaban J connectivity index is 1.40. The SMILES string of the molecule is CCc1cccc(Oc2ccc(NC(=O)NCCCc3nc(C(C)C)no3)cn2)c1. The van der Waals surface area contributed by atoms with Crippen LogP contribution in [0.4, 0.5) is 10.5 Å². The Labute approximate surface area is 176 Å². The lowest BCUT2D eigenvalue weighted by molar-refractivity contribution is 0.251. The molecule has 1 aromatic carbocycles. The second-order valence-corrected chi connectivity index (χ2v) is 7.17. The summed E-state index contributed by atoms with van der Waals surface area (Å²) in [7, 11) is 0. The minimum absolute atomic E-state index is 0.235. The maximum atomic E-state index is 12.0. The molecule has 0 aliphatic heterocycles. The van der Waals surface area contributed by atoms with Crippen LogP contribution in [0.1, 0.15) is 50.4 Å². The third-order valence-electron chi connectivity index (χ3n) is 4.38. The van der Waals surface area contributed by atoms with Gasteiger partial charge >= 0.3 is 6.03 Å². The first-order valence-corrected chi connectivity index (χ1v) is 10.1. The van der Waals surface area contributed by atoms with Crippen LogP contribution in [0, 0.1) is 0 Å². The summed E-state index contributed by atoms with van der Waals surface area (Å²) in [6, 6.07) is 11.0. The molecule has 0 aliphatic carbocycles. The molecule has 0 saturated heterocycles. The summed E-state index contributed by atoms with van der Waals surface area (Å²) in [5, 5.41) is 9.47. The lowest BCUT2D eigenvalue weighted by Gasteiger charge is -2.09. The van der Waals surface area contributed by atoms with E-state index >= 15 is 0 Å². The molecule has 3 aromatic rings. The molecule has 3 rings (SSSR count). The number of amides is 2. The summed E-state index contributed by atoms with van der Waals surface area (Å²) < 4.78 is 10.9. The highest BCUT2D eigenvalue weighted by molar-refractivity contribution is 5.88. The Bertz CT molecular complexity index is 953. The number of rotatable bonds is 9. The number of anilines is 1. The molecule has 0 fully saturated rings. The average molecular weight is 409 g/mol. The highest BCUT2D eigenvalue weighted by Crippen LogP contribution is 2.21. The number of hydrogen-bond donors (Lipinski definition) is 2. The van der Waals surface area contributed by atoms with E-state index in [1.165, 1.54) is 5.56 Å². The van der Waals surface area contributed by atoms with E-state index in [1.807, 2.05) is 32.0 Å². The summed E-state index contributed by atoms with van der Waals surface area (Å²) in [5.41, 5.74) is 1.78. The number of benzene rings is 1. The van der Waals surface area contributed by atoms with Crippen molar-refractivity contribution in [3.05, 3.63) is 59.9 Å². The van der Waals surface area contributed by atoms with Crippen LogP contribution in [-0.4, -0.2) is 27.7 Å². The number of nitrogens with zero attached hydrogens (tertiary/aromatic N) is 3. The predicted molar refractivity (Wildman–Crippen MR) is 114 cm³/mol. The van der Waals surface area contributed by atoms with Crippen molar-refractivity contribution in [2.45, 2.75) is 46.0 Å². The summed E-state index contributed by atoms with van der Waals surface area (Å²) in [5.74, 6) is 2.73. The molecule has 0 atom stereocenters. The molecule has 0 aliphatic rings. The van der Waals surface area contributed by atoms with E-state index in [4.69, 9.17) is 9.26 Å². The average Bonchev–Trinajstić information content (AvgIpc) is 3.22. The number of hydrogen-bond acceptors (Lipinski definition) is 6. The van der Waals surface area contributed by atoms with E-state index in [0.717, 1.165) is 12.2 Å². The standard InChI is InChI=1S/C22H27N5O3/c1-4-16-7-5-8-18(13-16)29-19-11-10-17(14-24-19)25-22(28)23-12-6-9-20-26-21(15(2)3)27-30-20/h5,7-8,10-11,13-15H,4,6,9,12H2,1-3H3,(H2,23,25,28). The van der Waals surface area contributed by atoms with Crippen molar-refractivity contribution in [3.63, 3.8) is 0 Å². The molecular formula is C22H27N5O3. The molecule has 8 nitrogen and oxygen atoms in total. The topological polar surface area (TPSA) is 102 Å². The van der Waals surface area contributed by atoms with Crippen LogP contribution in [0.5, 0.6) is 11.6 Å². The van der Waals surface area contributed by atoms with Crippen LogP contribution in [0.25, 0.3) is 0 Å². The Hall–Kier alpha value is -3.42. The molecule has 0 radical (unpaired) electrons. The number of carbonyl (C=O) groups excluding carboxylic acids is 1. The van der Waals surface area contributed by atoms with Crippen molar-refractivity contribution >= 4 is 11.7 Å². The maximum absolute atomic E-state index is 12.0. The predicted octanol–water partition coefficient (Wildman–Crippen LogP) is 4.70. The van der Waals surface area contributed by atoms with Crippen LogP contribution >= 0.6 is 0 Å². The summed E-state index contributed by atoms with van der Waals surface area (Å²) >= 11 is 0. The fourth-order valence-corrected chi connectivity index (χ4v) is 2.69. The minimum Gasteiger partial charge on any atom is -0.439 e. The second-order valence-electron chi connectivity index (χ2n) is 7.17. The zero-order valence-corrected chi connectivity index (χ0v) is 17.5. The third-order valence-corrected chi connectivity index (χ3v) is 4.38. The molecule has 2 heterocycles. The van der Waals surface area contributed by atoms with Crippen LogP contribution in [0.2, 0.25) is 0 Å². The Morgan fingerprint density at radius 3 is 2.80 bits per heavy atom. The van der Waals surface area contributed by atoms with Gasteiger partial charge in [-0.2, -0.15) is 4.98 Å². The van der Waals surface area contributed by atoms with Gasteiger partial charge in [0, 0.05) is 24.9 Å². The van der Waals surface area contributed by atoms with Crippen molar-refractivity contribution in [1.29, 1.82) is 0 Å². The van der Waals surface area contributed by atoms with Gasteiger partial charge in [0.2, 0.25) is 11.8 Å². The summed E-state index contributed by atoms with van der Waals surface area (Å²) in [6.07, 6.45) is 3.82. The first-order chi connectivity index (χ1) is 14.5. The first kappa shape index (κ1) is 21.3. The molecule has 0 saturated carbocycles. The van der Waals surface area contributed by atoms with Gasteiger partial charge < -0.3 is 19.9 Å². The molecule has 8 heteroatoms. The van der Waals surface area contributed by atoms with Gasteiger partial charge in [-0.3, -0.25) is 0 Å². The zero-order valence-electron chi connectivity index (χ0n) is 17.5. The zero-order chi connectivity index (χ0) is 21.3. The molecule has 158 valence electrons. The highest BCUT2D eigenvalue weighted by atomic mass is 16.5. The van der Waals surface area contributed by atoms with Gasteiger partial charge in [0.1, 0.15) is 5.75 Å². The van der Waals surface area contributed by atoms with Gasteiger partial charge in [0.05, 0.1) is 11.9 Å². The molecule has 0 spiro atoms. The van der Waals surface area contributed by atoms with Crippen LogP contribution < -0.4 is 15.4 Å². The Morgan fingerprint density at radius 1 is 1.23 bits per heavy atom. The normalized spacial score (nSPS) is 10.8. The number of aromatic nitrogens is 3. The van der Waals surface area contributed by atoms with E-state index in [9.17, 15) is 4.79 Å². The molecular weight excluding hydrogens is 382 g/mol. The maximum Gasteiger partial charge on any atom is 0.319 e. The van der Waals surface area contributed by atoms with Crippen LogP contribution in [-0.2, 0) is 12.8 Å². The van der Waals surface area contributed by atoms with Crippen LogP contribution in [0.3, 0.4) is 0 Å². The molecule has 2 aromatic heterocycles. The van der Waals surface area contributed by atoms with Crippen molar-refractivity contribution in [3.8, 4) is 11.6 Å². The van der Waals surface area contributed by atoms with E-state index in [0.29, 0.717) is 42.7 Å². The molecule has 0 bridgehead atoms. The minimum atomic E-state index is -0.297. The highest BCUT2D eigenvalue weighted by Gasteiger charge is 2.09. The Morgan fingerprint density at radius 2 is 2.10 bits per heavy atom. The van der Waals surface area contributed by atoms with E-state index < -0.39 is 0 Å². The smallest absolute Gasteiger partial charge is 0.319 e. The van der Waals surface area contributed by atoms with Crippen molar-refractivity contribution in [2.24, 2.45) is 0 Å². The number of nitrogens with one attached hydrogen (secondary N) is 2. The van der Waals surface area contributed by atoms with Crippen molar-refractivity contribution in [1.82, 2.24) is 20.4 Å². The van der Waals surface area contributed by atoms with Gasteiger partial charge in [-0.1, -0.05) is 38.1 Å². The molecule has 2 amide bonds. The monoisotopic (exact) mass is 409 g/mol. The largest absolute Gasteiger partial charge is 0.439 e. The van der Waals surface area contributed by atoms with E-state index in [-0.39, 0.29) is 11.9 Å². The fraction of sp³-hybridized carbons (Fsp3) is 0.364. The fourth-order valence-electron chi connectivity index (χ4n) is 2.69.